The predicted molar refractivity (Wildman–Crippen MR) is 78.7 cm³/mol. The van der Waals surface area contributed by atoms with Gasteiger partial charge in [-0.1, -0.05) is 18.2 Å². The van der Waals surface area contributed by atoms with Gasteiger partial charge in [0.2, 0.25) is 5.88 Å². The Morgan fingerprint density at radius 3 is 3.00 bits per heavy atom. The molecule has 0 radical (unpaired) electrons. The molecule has 0 spiro atoms. The Morgan fingerprint density at radius 2 is 2.20 bits per heavy atom. The number of hydrogen-bond donors (Lipinski definition) is 1. The molecule has 1 aromatic heterocycles. The van der Waals surface area contributed by atoms with Gasteiger partial charge in [-0.25, -0.2) is 4.98 Å². The van der Waals surface area contributed by atoms with Crippen molar-refractivity contribution in [1.82, 2.24) is 4.98 Å². The van der Waals surface area contributed by atoms with Crippen molar-refractivity contribution in [2.75, 3.05) is 13.2 Å². The maximum atomic E-state index is 5.91. The van der Waals surface area contributed by atoms with Gasteiger partial charge < -0.3 is 15.2 Å². The molecular formula is C16H20N2O2. The van der Waals surface area contributed by atoms with Gasteiger partial charge in [-0.2, -0.15) is 0 Å². The lowest BCUT2D eigenvalue weighted by molar-refractivity contribution is -0.0116. The van der Waals surface area contributed by atoms with E-state index in [1.807, 2.05) is 24.3 Å². The van der Waals surface area contributed by atoms with Crippen LogP contribution in [0, 0.1) is 0 Å². The Morgan fingerprint density at radius 1 is 1.30 bits per heavy atom. The summed E-state index contributed by atoms with van der Waals surface area (Å²) in [5.41, 5.74) is 6.56. The van der Waals surface area contributed by atoms with Crippen molar-refractivity contribution < 1.29 is 9.47 Å². The second-order valence-corrected chi connectivity index (χ2v) is 5.14. The van der Waals surface area contributed by atoms with E-state index < -0.39 is 0 Å². The number of nitrogens with two attached hydrogens (primary N) is 1. The Labute approximate surface area is 118 Å². The fraction of sp³-hybridized carbons (Fsp3) is 0.438. The highest BCUT2D eigenvalue weighted by atomic mass is 16.5. The molecule has 0 bridgehead atoms. The van der Waals surface area contributed by atoms with Crippen molar-refractivity contribution in [2.45, 2.75) is 31.9 Å². The third-order valence-electron chi connectivity index (χ3n) is 3.65. The van der Waals surface area contributed by atoms with Gasteiger partial charge in [0, 0.05) is 18.5 Å². The van der Waals surface area contributed by atoms with Gasteiger partial charge in [0.1, 0.15) is 6.61 Å². The zero-order valence-electron chi connectivity index (χ0n) is 11.5. The molecule has 0 aliphatic carbocycles. The average molecular weight is 272 g/mol. The SMILES string of the molecule is NCc1cc2ccccc2c(OCC2CCCCO2)n1. The molecule has 3 rings (SSSR count). The lowest BCUT2D eigenvalue weighted by atomic mass is 10.1. The monoisotopic (exact) mass is 272 g/mol. The molecular weight excluding hydrogens is 252 g/mol. The fourth-order valence-electron chi connectivity index (χ4n) is 2.55. The van der Waals surface area contributed by atoms with Crippen molar-refractivity contribution in [3.05, 3.63) is 36.0 Å². The van der Waals surface area contributed by atoms with Gasteiger partial charge in [-0.15, -0.1) is 0 Å². The largest absolute Gasteiger partial charge is 0.474 e. The number of ether oxygens (including phenoxy) is 2. The molecule has 1 atom stereocenters. The Kier molecular flexibility index (Phi) is 4.14. The van der Waals surface area contributed by atoms with Crippen LogP contribution in [0.5, 0.6) is 5.88 Å². The number of benzene rings is 1. The molecule has 1 saturated heterocycles. The van der Waals surface area contributed by atoms with E-state index in [-0.39, 0.29) is 6.10 Å². The molecule has 106 valence electrons. The molecule has 4 nitrogen and oxygen atoms in total. The standard InChI is InChI=1S/C16H20N2O2/c17-10-13-9-12-5-1-2-7-15(12)16(18-13)20-11-14-6-3-4-8-19-14/h1-2,5,7,9,14H,3-4,6,8,10-11,17H2. The van der Waals surface area contributed by atoms with Crippen LogP contribution in [0.2, 0.25) is 0 Å². The lowest BCUT2D eigenvalue weighted by Crippen LogP contribution is -2.26. The first-order chi connectivity index (χ1) is 9.86. The quantitative estimate of drug-likeness (QED) is 0.929. The highest BCUT2D eigenvalue weighted by Crippen LogP contribution is 2.25. The van der Waals surface area contributed by atoms with E-state index in [0.29, 0.717) is 19.0 Å². The predicted octanol–water partition coefficient (Wildman–Crippen LogP) is 2.64. The minimum absolute atomic E-state index is 0.186. The zero-order valence-corrected chi connectivity index (χ0v) is 11.5. The van der Waals surface area contributed by atoms with Crippen LogP contribution in [0.1, 0.15) is 25.0 Å². The minimum Gasteiger partial charge on any atom is -0.474 e. The van der Waals surface area contributed by atoms with Crippen LogP contribution in [-0.4, -0.2) is 24.3 Å². The molecule has 1 aliphatic heterocycles. The molecule has 1 aromatic carbocycles. The summed E-state index contributed by atoms with van der Waals surface area (Å²) in [6, 6.07) is 10.1. The fourth-order valence-corrected chi connectivity index (χ4v) is 2.55. The number of rotatable bonds is 4. The lowest BCUT2D eigenvalue weighted by Gasteiger charge is -2.22. The van der Waals surface area contributed by atoms with E-state index in [4.69, 9.17) is 15.2 Å². The van der Waals surface area contributed by atoms with Crippen LogP contribution in [0.25, 0.3) is 10.8 Å². The van der Waals surface area contributed by atoms with Crippen molar-refractivity contribution in [2.24, 2.45) is 5.73 Å². The topological polar surface area (TPSA) is 57.4 Å². The van der Waals surface area contributed by atoms with E-state index >= 15 is 0 Å². The first-order valence-electron chi connectivity index (χ1n) is 7.20. The van der Waals surface area contributed by atoms with Gasteiger partial charge in [-0.05, 0) is 36.8 Å². The van der Waals surface area contributed by atoms with Crippen molar-refractivity contribution in [1.29, 1.82) is 0 Å². The second-order valence-electron chi connectivity index (χ2n) is 5.14. The molecule has 1 unspecified atom stereocenters. The minimum atomic E-state index is 0.186. The van der Waals surface area contributed by atoms with Crippen LogP contribution in [0.3, 0.4) is 0 Å². The maximum Gasteiger partial charge on any atom is 0.221 e. The Hall–Kier alpha value is -1.65. The summed E-state index contributed by atoms with van der Waals surface area (Å²) < 4.78 is 11.6. The normalized spacial score (nSPS) is 19.1. The van der Waals surface area contributed by atoms with Crippen molar-refractivity contribution in [3.8, 4) is 5.88 Å². The summed E-state index contributed by atoms with van der Waals surface area (Å²) in [4.78, 5) is 4.50. The van der Waals surface area contributed by atoms with Crippen LogP contribution in [0.4, 0.5) is 0 Å². The molecule has 0 amide bonds. The summed E-state index contributed by atoms with van der Waals surface area (Å²) in [5, 5.41) is 2.14. The molecule has 2 heterocycles. The van der Waals surface area contributed by atoms with E-state index in [1.54, 1.807) is 0 Å². The van der Waals surface area contributed by atoms with E-state index in [2.05, 4.69) is 11.1 Å². The highest BCUT2D eigenvalue weighted by Gasteiger charge is 2.15. The van der Waals surface area contributed by atoms with Gasteiger partial charge in [0.15, 0.2) is 0 Å². The third kappa shape index (κ3) is 2.92. The number of fused-ring (bicyclic) bond motifs is 1. The Balaban J connectivity index is 1.81. The van der Waals surface area contributed by atoms with Crippen LogP contribution in [0.15, 0.2) is 30.3 Å². The highest BCUT2D eigenvalue weighted by molar-refractivity contribution is 5.87. The van der Waals surface area contributed by atoms with E-state index in [9.17, 15) is 0 Å². The van der Waals surface area contributed by atoms with E-state index in [1.165, 1.54) is 6.42 Å². The third-order valence-corrected chi connectivity index (χ3v) is 3.65. The van der Waals surface area contributed by atoms with Gasteiger partial charge in [0.25, 0.3) is 0 Å². The first-order valence-corrected chi connectivity index (χ1v) is 7.20. The summed E-state index contributed by atoms with van der Waals surface area (Å²) >= 11 is 0. The number of nitrogens with zero attached hydrogens (tertiary/aromatic N) is 1. The van der Waals surface area contributed by atoms with E-state index in [0.717, 1.165) is 35.9 Å². The number of hydrogen-bond acceptors (Lipinski definition) is 4. The van der Waals surface area contributed by atoms with Crippen molar-refractivity contribution in [3.63, 3.8) is 0 Å². The molecule has 2 N–H and O–H groups in total. The zero-order chi connectivity index (χ0) is 13.8. The first kappa shape index (κ1) is 13.3. The van der Waals surface area contributed by atoms with Crippen LogP contribution >= 0.6 is 0 Å². The summed E-state index contributed by atoms with van der Waals surface area (Å²) in [6.07, 6.45) is 3.62. The molecule has 1 aliphatic rings. The molecule has 20 heavy (non-hydrogen) atoms. The average Bonchev–Trinajstić information content (AvgIpc) is 2.53. The van der Waals surface area contributed by atoms with Gasteiger partial charge >= 0.3 is 0 Å². The summed E-state index contributed by atoms with van der Waals surface area (Å²) in [5.74, 6) is 0.665. The van der Waals surface area contributed by atoms with Gasteiger partial charge in [-0.3, -0.25) is 0 Å². The number of pyridine rings is 1. The maximum absolute atomic E-state index is 5.91. The van der Waals surface area contributed by atoms with Crippen LogP contribution in [-0.2, 0) is 11.3 Å². The van der Waals surface area contributed by atoms with Crippen LogP contribution < -0.4 is 10.5 Å². The molecule has 2 aromatic rings. The number of aromatic nitrogens is 1. The molecule has 0 saturated carbocycles. The molecule has 1 fully saturated rings. The smallest absolute Gasteiger partial charge is 0.221 e. The summed E-state index contributed by atoms with van der Waals surface area (Å²) in [6.45, 7) is 1.82. The van der Waals surface area contributed by atoms with Crippen molar-refractivity contribution >= 4 is 10.8 Å². The Bertz CT molecular complexity index is 580. The second kappa shape index (κ2) is 6.20. The van der Waals surface area contributed by atoms with Gasteiger partial charge in [0.05, 0.1) is 11.8 Å². The molecule has 4 heteroatoms. The summed E-state index contributed by atoms with van der Waals surface area (Å²) in [7, 11) is 0.